The highest BCUT2D eigenvalue weighted by atomic mass is 16.5. The number of amides is 1. The average Bonchev–Trinajstić information content (AvgIpc) is 3.42. The van der Waals surface area contributed by atoms with Crippen LogP contribution in [0.1, 0.15) is 50.4 Å². The van der Waals surface area contributed by atoms with Gasteiger partial charge in [-0.2, -0.15) is 0 Å². The third kappa shape index (κ3) is 4.51. The molecular weight excluding hydrogens is 314 g/mol. The molecule has 5 nitrogen and oxygen atoms in total. The number of pyridine rings is 1. The lowest BCUT2D eigenvalue weighted by atomic mass is 10.0. The van der Waals surface area contributed by atoms with Crippen molar-refractivity contribution < 1.29 is 9.53 Å². The van der Waals surface area contributed by atoms with E-state index in [-0.39, 0.29) is 5.91 Å². The minimum Gasteiger partial charge on any atom is -0.477 e. The predicted molar refractivity (Wildman–Crippen MR) is 98.8 cm³/mol. The third-order valence-electron chi connectivity index (χ3n) is 5.28. The van der Waals surface area contributed by atoms with E-state index in [4.69, 9.17) is 4.74 Å². The number of rotatable bonds is 6. The maximum atomic E-state index is 13.1. The van der Waals surface area contributed by atoms with Crippen LogP contribution in [0.5, 0.6) is 5.88 Å². The second-order valence-corrected chi connectivity index (χ2v) is 7.64. The van der Waals surface area contributed by atoms with E-state index in [0.29, 0.717) is 30.0 Å². The van der Waals surface area contributed by atoms with E-state index in [2.05, 4.69) is 23.7 Å². The molecule has 1 aliphatic carbocycles. The van der Waals surface area contributed by atoms with Gasteiger partial charge in [0.05, 0.1) is 6.61 Å². The highest BCUT2D eigenvalue weighted by Crippen LogP contribution is 2.32. The molecule has 25 heavy (non-hydrogen) atoms. The molecule has 1 aliphatic heterocycles. The lowest BCUT2D eigenvalue weighted by Crippen LogP contribution is -2.46. The molecule has 0 radical (unpaired) electrons. The first-order valence-electron chi connectivity index (χ1n) is 9.71. The van der Waals surface area contributed by atoms with Crippen LogP contribution in [-0.4, -0.2) is 59.5 Å². The highest BCUT2D eigenvalue weighted by Gasteiger charge is 2.34. The van der Waals surface area contributed by atoms with Crippen molar-refractivity contribution in [3.05, 3.63) is 23.9 Å². The molecule has 2 heterocycles. The van der Waals surface area contributed by atoms with Crippen LogP contribution in [-0.2, 0) is 0 Å². The molecule has 0 N–H and O–H groups in total. The van der Waals surface area contributed by atoms with Crippen LogP contribution in [0.2, 0.25) is 0 Å². The zero-order chi connectivity index (χ0) is 17.8. The Bertz CT molecular complexity index is 586. The molecule has 1 aromatic heterocycles. The number of carbonyl (C=O) groups is 1. The third-order valence-corrected chi connectivity index (χ3v) is 5.28. The Hall–Kier alpha value is -1.62. The largest absolute Gasteiger partial charge is 0.477 e. The quantitative estimate of drug-likeness (QED) is 0.795. The molecule has 3 rings (SSSR count). The van der Waals surface area contributed by atoms with Gasteiger partial charge in [0.15, 0.2) is 0 Å². The van der Waals surface area contributed by atoms with Gasteiger partial charge in [-0.25, -0.2) is 4.98 Å². The smallest absolute Gasteiger partial charge is 0.259 e. The first kappa shape index (κ1) is 18.2. The maximum absolute atomic E-state index is 13.1. The monoisotopic (exact) mass is 345 g/mol. The molecule has 2 aliphatic rings. The van der Waals surface area contributed by atoms with Gasteiger partial charge < -0.3 is 9.64 Å². The van der Waals surface area contributed by atoms with Gasteiger partial charge in [-0.05, 0) is 50.2 Å². The number of hydrogen-bond acceptors (Lipinski definition) is 4. The number of aromatic nitrogens is 1. The summed E-state index contributed by atoms with van der Waals surface area (Å²) in [4.78, 5) is 22.0. The van der Waals surface area contributed by atoms with E-state index in [1.54, 1.807) is 6.20 Å². The van der Waals surface area contributed by atoms with Crippen molar-refractivity contribution in [2.75, 3.05) is 32.8 Å². The Balaban J connectivity index is 1.76. The zero-order valence-corrected chi connectivity index (χ0v) is 15.8. The first-order valence-corrected chi connectivity index (χ1v) is 9.71. The van der Waals surface area contributed by atoms with Gasteiger partial charge >= 0.3 is 0 Å². The molecule has 1 aromatic rings. The van der Waals surface area contributed by atoms with E-state index in [0.717, 1.165) is 32.0 Å². The summed E-state index contributed by atoms with van der Waals surface area (Å²) in [5.74, 6) is 1.92. The summed E-state index contributed by atoms with van der Waals surface area (Å²) in [6.45, 7) is 10.9. The number of hydrogen-bond donors (Lipinski definition) is 0. The maximum Gasteiger partial charge on any atom is 0.259 e. The average molecular weight is 345 g/mol. The minimum absolute atomic E-state index is 0.0514. The fourth-order valence-electron chi connectivity index (χ4n) is 3.71. The zero-order valence-electron chi connectivity index (χ0n) is 15.8. The van der Waals surface area contributed by atoms with E-state index in [1.165, 1.54) is 19.4 Å². The summed E-state index contributed by atoms with van der Waals surface area (Å²) in [6.07, 6.45) is 5.46. The van der Waals surface area contributed by atoms with E-state index in [9.17, 15) is 4.79 Å². The van der Waals surface area contributed by atoms with Crippen LogP contribution in [0.3, 0.4) is 0 Å². The second kappa shape index (κ2) is 8.17. The Morgan fingerprint density at radius 2 is 2.16 bits per heavy atom. The van der Waals surface area contributed by atoms with Gasteiger partial charge in [0.2, 0.25) is 5.88 Å². The van der Waals surface area contributed by atoms with Crippen molar-refractivity contribution in [1.82, 2.24) is 14.8 Å². The van der Waals surface area contributed by atoms with Crippen molar-refractivity contribution in [2.45, 2.75) is 46.1 Å². The molecule has 1 atom stereocenters. The van der Waals surface area contributed by atoms with Gasteiger partial charge in [-0.3, -0.25) is 9.69 Å². The van der Waals surface area contributed by atoms with E-state index < -0.39 is 0 Å². The molecule has 5 heteroatoms. The fraction of sp³-hybridized carbons (Fsp3) is 0.700. The van der Waals surface area contributed by atoms with Gasteiger partial charge in [-0.1, -0.05) is 13.8 Å². The molecular formula is C20H31N3O2. The van der Waals surface area contributed by atoms with Crippen LogP contribution >= 0.6 is 0 Å². The summed E-state index contributed by atoms with van der Waals surface area (Å²) < 4.78 is 5.57. The lowest BCUT2D eigenvalue weighted by molar-refractivity contribution is 0.0699. The van der Waals surface area contributed by atoms with Crippen LogP contribution in [0.25, 0.3) is 0 Å². The summed E-state index contributed by atoms with van der Waals surface area (Å²) in [7, 11) is 0. The Morgan fingerprint density at radius 3 is 2.84 bits per heavy atom. The number of ether oxygens (including phenoxy) is 1. The number of carbonyl (C=O) groups excluding carboxylic acids is 1. The molecule has 138 valence electrons. The van der Waals surface area contributed by atoms with Crippen molar-refractivity contribution in [3.63, 3.8) is 0 Å². The first-order chi connectivity index (χ1) is 12.1. The van der Waals surface area contributed by atoms with Gasteiger partial charge in [0, 0.05) is 38.4 Å². The normalized spacial score (nSPS) is 22.1. The molecule has 0 aromatic carbocycles. The van der Waals surface area contributed by atoms with Gasteiger partial charge in [0.1, 0.15) is 5.56 Å². The van der Waals surface area contributed by atoms with Crippen molar-refractivity contribution in [2.24, 2.45) is 11.8 Å². The Morgan fingerprint density at radius 1 is 1.36 bits per heavy atom. The number of nitrogens with zero attached hydrogens (tertiary/aromatic N) is 3. The predicted octanol–water partition coefficient (Wildman–Crippen LogP) is 3.06. The second-order valence-electron chi connectivity index (χ2n) is 7.64. The van der Waals surface area contributed by atoms with E-state index in [1.807, 2.05) is 24.0 Å². The molecule has 0 bridgehead atoms. The van der Waals surface area contributed by atoms with Crippen LogP contribution in [0.4, 0.5) is 0 Å². The molecule has 1 saturated carbocycles. The topological polar surface area (TPSA) is 45.7 Å². The summed E-state index contributed by atoms with van der Waals surface area (Å²) in [5, 5.41) is 0. The molecule has 2 fully saturated rings. The van der Waals surface area contributed by atoms with Crippen LogP contribution in [0.15, 0.2) is 18.3 Å². The highest BCUT2D eigenvalue weighted by molar-refractivity contribution is 5.96. The van der Waals surface area contributed by atoms with Crippen molar-refractivity contribution in [3.8, 4) is 5.88 Å². The summed E-state index contributed by atoms with van der Waals surface area (Å²) >= 11 is 0. The van der Waals surface area contributed by atoms with Crippen LogP contribution < -0.4 is 4.74 Å². The summed E-state index contributed by atoms with van der Waals surface area (Å²) in [6, 6.07) is 4.07. The van der Waals surface area contributed by atoms with Crippen LogP contribution in [0, 0.1) is 11.8 Å². The Kier molecular flexibility index (Phi) is 5.94. The van der Waals surface area contributed by atoms with Gasteiger partial charge in [0.25, 0.3) is 5.91 Å². The van der Waals surface area contributed by atoms with Gasteiger partial charge in [-0.15, -0.1) is 0 Å². The molecule has 0 spiro atoms. The lowest BCUT2D eigenvalue weighted by Gasteiger charge is -2.34. The Labute approximate surface area is 151 Å². The summed E-state index contributed by atoms with van der Waals surface area (Å²) in [5.41, 5.74) is 0.586. The van der Waals surface area contributed by atoms with Crippen molar-refractivity contribution in [1.29, 1.82) is 0 Å². The molecule has 1 unspecified atom stereocenters. The fourth-order valence-corrected chi connectivity index (χ4v) is 3.71. The van der Waals surface area contributed by atoms with E-state index >= 15 is 0 Å². The molecule has 1 saturated heterocycles. The van der Waals surface area contributed by atoms with Crippen molar-refractivity contribution >= 4 is 5.91 Å². The molecule has 1 amide bonds. The standard InChI is InChI=1S/C20H31N3O2/c1-4-25-19-17(7-5-10-21-19)20(24)23-12-6-11-22(13-16-8-9-16)18(14-23)15(2)3/h5,7,10,15-16,18H,4,6,8-9,11-14H2,1-3H3. The SMILES string of the molecule is CCOc1ncccc1C(=O)N1CCCN(CC2CC2)C(C(C)C)C1. The minimum atomic E-state index is 0.0514.